The number of rotatable bonds is 5. The third-order valence-electron chi connectivity index (χ3n) is 3.04. The van der Waals surface area contributed by atoms with Gasteiger partial charge in [-0.3, -0.25) is 0 Å². The summed E-state index contributed by atoms with van der Waals surface area (Å²) in [7, 11) is 0. The molecule has 0 unspecified atom stereocenters. The smallest absolute Gasteiger partial charge is 0.122 e. The molecule has 0 bridgehead atoms. The van der Waals surface area contributed by atoms with Crippen molar-refractivity contribution < 1.29 is 4.74 Å². The molecule has 0 spiro atoms. The van der Waals surface area contributed by atoms with Gasteiger partial charge in [0.1, 0.15) is 5.82 Å². The third kappa shape index (κ3) is 3.06. The Morgan fingerprint density at radius 2 is 2.31 bits per heavy atom. The van der Waals surface area contributed by atoms with Crippen molar-refractivity contribution in [1.29, 1.82) is 0 Å². The lowest BCUT2D eigenvalue weighted by molar-refractivity contribution is 0.0773. The van der Waals surface area contributed by atoms with Gasteiger partial charge in [0.2, 0.25) is 0 Å². The highest BCUT2D eigenvalue weighted by molar-refractivity contribution is 4.92. The standard InChI is InChI=1S/C12H21N3O/c1-2-6-15-7-5-13-12(15)10-14-11-3-8-16-9-4-11/h5,7,11,14H,2-4,6,8-10H2,1H3. The van der Waals surface area contributed by atoms with E-state index in [9.17, 15) is 0 Å². The van der Waals surface area contributed by atoms with Crippen LogP contribution in [0.2, 0.25) is 0 Å². The molecule has 2 rings (SSSR count). The van der Waals surface area contributed by atoms with Crippen molar-refractivity contribution >= 4 is 0 Å². The number of nitrogens with zero attached hydrogens (tertiary/aromatic N) is 2. The predicted octanol–water partition coefficient (Wildman–Crippen LogP) is 1.56. The Morgan fingerprint density at radius 3 is 3.06 bits per heavy atom. The molecule has 1 saturated heterocycles. The largest absolute Gasteiger partial charge is 0.381 e. The lowest BCUT2D eigenvalue weighted by Gasteiger charge is -2.23. The maximum atomic E-state index is 5.34. The second-order valence-electron chi connectivity index (χ2n) is 4.30. The van der Waals surface area contributed by atoms with Crippen LogP contribution in [0, 0.1) is 0 Å². The summed E-state index contributed by atoms with van der Waals surface area (Å²) < 4.78 is 7.57. The van der Waals surface area contributed by atoms with E-state index >= 15 is 0 Å². The molecule has 4 heteroatoms. The fourth-order valence-corrected chi connectivity index (χ4v) is 2.09. The molecule has 1 aliphatic rings. The highest BCUT2D eigenvalue weighted by atomic mass is 16.5. The summed E-state index contributed by atoms with van der Waals surface area (Å²) in [4.78, 5) is 4.39. The van der Waals surface area contributed by atoms with Gasteiger partial charge in [-0.2, -0.15) is 0 Å². The molecule has 2 heterocycles. The van der Waals surface area contributed by atoms with Gasteiger partial charge in [-0.05, 0) is 19.3 Å². The first-order valence-electron chi connectivity index (χ1n) is 6.21. The third-order valence-corrected chi connectivity index (χ3v) is 3.04. The summed E-state index contributed by atoms with van der Waals surface area (Å²) in [5.41, 5.74) is 0. The number of nitrogens with one attached hydrogen (secondary N) is 1. The topological polar surface area (TPSA) is 39.1 Å². The second kappa shape index (κ2) is 6.01. The molecule has 1 N–H and O–H groups in total. The second-order valence-corrected chi connectivity index (χ2v) is 4.30. The number of aryl methyl sites for hydroxylation is 1. The van der Waals surface area contributed by atoms with Crippen molar-refractivity contribution in [1.82, 2.24) is 14.9 Å². The number of ether oxygens (including phenoxy) is 1. The Balaban J connectivity index is 1.81. The molecule has 0 aliphatic carbocycles. The molecular formula is C12H21N3O. The van der Waals surface area contributed by atoms with E-state index in [4.69, 9.17) is 4.74 Å². The van der Waals surface area contributed by atoms with Gasteiger partial charge in [-0.25, -0.2) is 4.98 Å². The van der Waals surface area contributed by atoms with Gasteiger partial charge in [-0.15, -0.1) is 0 Å². The minimum Gasteiger partial charge on any atom is -0.381 e. The van der Waals surface area contributed by atoms with Gasteiger partial charge in [0, 0.05) is 38.2 Å². The van der Waals surface area contributed by atoms with E-state index in [0.29, 0.717) is 6.04 Å². The van der Waals surface area contributed by atoms with Crippen LogP contribution in [0.15, 0.2) is 12.4 Å². The molecule has 0 aromatic carbocycles. The van der Waals surface area contributed by atoms with Crippen LogP contribution in [0.3, 0.4) is 0 Å². The quantitative estimate of drug-likeness (QED) is 0.823. The normalized spacial score (nSPS) is 17.8. The Hall–Kier alpha value is -0.870. The number of hydrogen-bond donors (Lipinski definition) is 1. The molecular weight excluding hydrogens is 202 g/mol. The van der Waals surface area contributed by atoms with Crippen molar-refractivity contribution in [3.63, 3.8) is 0 Å². The molecule has 1 aliphatic heterocycles. The van der Waals surface area contributed by atoms with Crippen molar-refractivity contribution in [3.8, 4) is 0 Å². The predicted molar refractivity (Wildman–Crippen MR) is 63.2 cm³/mol. The number of imidazole rings is 1. The number of hydrogen-bond acceptors (Lipinski definition) is 3. The van der Waals surface area contributed by atoms with Gasteiger partial charge in [0.25, 0.3) is 0 Å². The Morgan fingerprint density at radius 1 is 1.50 bits per heavy atom. The SMILES string of the molecule is CCCn1ccnc1CNC1CCOCC1. The van der Waals surface area contributed by atoms with Gasteiger partial charge < -0.3 is 14.6 Å². The zero-order valence-corrected chi connectivity index (χ0v) is 9.98. The van der Waals surface area contributed by atoms with Crippen LogP contribution in [-0.2, 0) is 17.8 Å². The van der Waals surface area contributed by atoms with Gasteiger partial charge in [-0.1, -0.05) is 6.92 Å². The molecule has 1 fully saturated rings. The summed E-state index contributed by atoms with van der Waals surface area (Å²) >= 11 is 0. The molecule has 1 aromatic heterocycles. The lowest BCUT2D eigenvalue weighted by Crippen LogP contribution is -2.35. The maximum absolute atomic E-state index is 5.34. The molecule has 0 atom stereocenters. The van der Waals surface area contributed by atoms with Gasteiger partial charge in [0.05, 0.1) is 6.54 Å². The molecule has 4 nitrogen and oxygen atoms in total. The van der Waals surface area contributed by atoms with Gasteiger partial charge in [0.15, 0.2) is 0 Å². The average molecular weight is 223 g/mol. The summed E-state index contributed by atoms with van der Waals surface area (Å²) in [6.45, 7) is 5.90. The van der Waals surface area contributed by atoms with Crippen molar-refractivity contribution in [2.75, 3.05) is 13.2 Å². The summed E-state index contributed by atoms with van der Waals surface area (Å²) in [6.07, 6.45) is 7.34. The van der Waals surface area contributed by atoms with Crippen LogP contribution in [0.1, 0.15) is 32.0 Å². The van der Waals surface area contributed by atoms with Crippen molar-refractivity contribution in [3.05, 3.63) is 18.2 Å². The molecule has 90 valence electrons. The van der Waals surface area contributed by atoms with Crippen LogP contribution in [-0.4, -0.2) is 28.8 Å². The van der Waals surface area contributed by atoms with E-state index in [1.54, 1.807) is 0 Å². The fourth-order valence-electron chi connectivity index (χ4n) is 2.09. The summed E-state index contributed by atoms with van der Waals surface area (Å²) in [6, 6.07) is 0.598. The minimum atomic E-state index is 0.598. The van der Waals surface area contributed by atoms with E-state index in [1.165, 1.54) is 0 Å². The van der Waals surface area contributed by atoms with Gasteiger partial charge >= 0.3 is 0 Å². The molecule has 0 radical (unpaired) electrons. The summed E-state index contributed by atoms with van der Waals surface area (Å²) in [5.74, 6) is 1.15. The van der Waals surface area contributed by atoms with E-state index in [0.717, 1.165) is 51.4 Å². The fraction of sp³-hybridized carbons (Fsp3) is 0.750. The Kier molecular flexibility index (Phi) is 4.36. The first kappa shape index (κ1) is 11.6. The first-order valence-corrected chi connectivity index (χ1v) is 6.21. The van der Waals surface area contributed by atoms with E-state index < -0.39 is 0 Å². The van der Waals surface area contributed by atoms with E-state index in [1.807, 2.05) is 6.20 Å². The van der Waals surface area contributed by atoms with Crippen LogP contribution in [0.4, 0.5) is 0 Å². The Labute approximate surface area is 97.0 Å². The van der Waals surface area contributed by atoms with Crippen LogP contribution in [0.25, 0.3) is 0 Å². The lowest BCUT2D eigenvalue weighted by atomic mass is 10.1. The molecule has 0 saturated carbocycles. The van der Waals surface area contributed by atoms with Crippen LogP contribution >= 0.6 is 0 Å². The van der Waals surface area contributed by atoms with E-state index in [-0.39, 0.29) is 0 Å². The summed E-state index contributed by atoms with van der Waals surface area (Å²) in [5, 5.41) is 3.56. The highest BCUT2D eigenvalue weighted by Crippen LogP contribution is 2.07. The van der Waals surface area contributed by atoms with Crippen LogP contribution < -0.4 is 5.32 Å². The molecule has 0 amide bonds. The minimum absolute atomic E-state index is 0.598. The van der Waals surface area contributed by atoms with Crippen LogP contribution in [0.5, 0.6) is 0 Å². The molecule has 16 heavy (non-hydrogen) atoms. The zero-order chi connectivity index (χ0) is 11.2. The van der Waals surface area contributed by atoms with E-state index in [2.05, 4.69) is 28.0 Å². The highest BCUT2D eigenvalue weighted by Gasteiger charge is 2.13. The zero-order valence-electron chi connectivity index (χ0n) is 9.98. The Bertz CT molecular complexity index is 305. The first-order chi connectivity index (χ1) is 7.90. The van der Waals surface area contributed by atoms with Crippen molar-refractivity contribution in [2.45, 2.75) is 45.3 Å². The molecule has 1 aromatic rings. The van der Waals surface area contributed by atoms with Crippen molar-refractivity contribution in [2.24, 2.45) is 0 Å². The maximum Gasteiger partial charge on any atom is 0.122 e. The number of aromatic nitrogens is 2. The monoisotopic (exact) mass is 223 g/mol. The average Bonchev–Trinajstić information content (AvgIpc) is 2.76.